The van der Waals surface area contributed by atoms with Gasteiger partial charge in [-0.1, -0.05) is 12.1 Å². The van der Waals surface area contributed by atoms with Gasteiger partial charge in [-0.05, 0) is 18.6 Å². The van der Waals surface area contributed by atoms with Crippen LogP contribution < -0.4 is 10.1 Å². The smallest absolute Gasteiger partial charge is 0.255 e. The summed E-state index contributed by atoms with van der Waals surface area (Å²) in [7, 11) is -1.57. The van der Waals surface area contributed by atoms with Crippen molar-refractivity contribution in [2.24, 2.45) is 0 Å². The predicted octanol–water partition coefficient (Wildman–Crippen LogP) is 0.461. The molecule has 1 saturated heterocycles. The van der Waals surface area contributed by atoms with E-state index in [9.17, 15) is 18.0 Å². The van der Waals surface area contributed by atoms with Gasteiger partial charge in [0.2, 0.25) is 5.91 Å². The van der Waals surface area contributed by atoms with Crippen LogP contribution in [0.2, 0.25) is 0 Å². The fourth-order valence-electron chi connectivity index (χ4n) is 2.84. The van der Waals surface area contributed by atoms with Gasteiger partial charge in [0.25, 0.3) is 5.91 Å². The molecule has 1 fully saturated rings. The quantitative estimate of drug-likeness (QED) is 0.801. The maximum atomic E-state index is 12.2. The lowest BCUT2D eigenvalue weighted by molar-refractivity contribution is -0.130. The summed E-state index contributed by atoms with van der Waals surface area (Å²) < 4.78 is 28.3. The highest BCUT2D eigenvalue weighted by Gasteiger charge is 2.33. The van der Waals surface area contributed by atoms with Crippen molar-refractivity contribution in [2.75, 3.05) is 31.7 Å². The van der Waals surface area contributed by atoms with Crippen LogP contribution in [-0.4, -0.2) is 62.9 Å². The van der Waals surface area contributed by atoms with Gasteiger partial charge in [-0.15, -0.1) is 0 Å². The number of nitrogens with one attached hydrogen (secondary N) is 1. The second kappa shape index (κ2) is 7.65. The number of hydrogen-bond acceptors (Lipinski definition) is 5. The van der Waals surface area contributed by atoms with Crippen LogP contribution in [0.15, 0.2) is 24.3 Å². The van der Waals surface area contributed by atoms with Crippen LogP contribution in [0.1, 0.15) is 23.7 Å². The summed E-state index contributed by atoms with van der Waals surface area (Å²) in [5.74, 6) is 0.0844. The molecule has 0 aromatic heterocycles. The number of benzene rings is 1. The van der Waals surface area contributed by atoms with Crippen molar-refractivity contribution in [3.63, 3.8) is 0 Å². The number of nitrogens with zero attached hydrogens (tertiary/aromatic N) is 1. The SMILES string of the molecule is COc1ccccc1C(=O)NCCN(C(C)=O)C1CCS(=O)(=O)C1. The molecular formula is C16H22N2O5S. The van der Waals surface area contributed by atoms with Gasteiger partial charge in [0.15, 0.2) is 9.84 Å². The summed E-state index contributed by atoms with van der Waals surface area (Å²) in [5.41, 5.74) is 0.415. The van der Waals surface area contributed by atoms with E-state index in [-0.39, 0.29) is 42.5 Å². The minimum atomic E-state index is -3.07. The molecule has 24 heavy (non-hydrogen) atoms. The number of ether oxygens (including phenoxy) is 1. The summed E-state index contributed by atoms with van der Waals surface area (Å²) in [4.78, 5) is 25.5. The first kappa shape index (κ1) is 18.3. The van der Waals surface area contributed by atoms with Crippen LogP contribution in [0.4, 0.5) is 0 Å². The van der Waals surface area contributed by atoms with Gasteiger partial charge in [0, 0.05) is 26.1 Å². The van der Waals surface area contributed by atoms with E-state index in [0.29, 0.717) is 17.7 Å². The number of amides is 2. The number of hydrogen-bond donors (Lipinski definition) is 1. The largest absolute Gasteiger partial charge is 0.496 e. The van der Waals surface area contributed by atoms with E-state index in [1.54, 1.807) is 24.3 Å². The highest BCUT2D eigenvalue weighted by atomic mass is 32.2. The van der Waals surface area contributed by atoms with Crippen molar-refractivity contribution < 1.29 is 22.7 Å². The molecule has 132 valence electrons. The minimum Gasteiger partial charge on any atom is -0.496 e. The lowest BCUT2D eigenvalue weighted by Crippen LogP contribution is -2.44. The number of rotatable bonds is 6. The van der Waals surface area contributed by atoms with Crippen LogP contribution in [0.5, 0.6) is 5.75 Å². The van der Waals surface area contributed by atoms with Crippen LogP contribution in [0.25, 0.3) is 0 Å². The molecule has 1 heterocycles. The van der Waals surface area contributed by atoms with Gasteiger partial charge in [-0.2, -0.15) is 0 Å². The van der Waals surface area contributed by atoms with Gasteiger partial charge in [0.05, 0.1) is 24.2 Å². The molecule has 2 amide bonds. The molecule has 0 spiro atoms. The maximum absolute atomic E-state index is 12.2. The third-order valence-corrected chi connectivity index (χ3v) is 5.79. The molecule has 7 nitrogen and oxygen atoms in total. The first-order valence-corrected chi connectivity index (χ1v) is 9.55. The van der Waals surface area contributed by atoms with Gasteiger partial charge in [0.1, 0.15) is 5.75 Å². The fraction of sp³-hybridized carbons (Fsp3) is 0.500. The van der Waals surface area contributed by atoms with Crippen LogP contribution in [-0.2, 0) is 14.6 Å². The Bertz CT molecular complexity index is 717. The second-order valence-electron chi connectivity index (χ2n) is 5.73. The van der Waals surface area contributed by atoms with Gasteiger partial charge < -0.3 is 15.0 Å². The Hall–Kier alpha value is -2.09. The average molecular weight is 354 g/mol. The zero-order valence-corrected chi connectivity index (χ0v) is 14.6. The van der Waals surface area contributed by atoms with E-state index < -0.39 is 9.84 Å². The summed E-state index contributed by atoms with van der Waals surface area (Å²) in [6.07, 6.45) is 0.447. The summed E-state index contributed by atoms with van der Waals surface area (Å²) in [5, 5.41) is 2.74. The van der Waals surface area contributed by atoms with Crippen molar-refractivity contribution >= 4 is 21.7 Å². The summed E-state index contributed by atoms with van der Waals surface area (Å²) >= 11 is 0. The molecule has 0 aliphatic carbocycles. The lowest BCUT2D eigenvalue weighted by Gasteiger charge is -2.27. The van der Waals surface area contributed by atoms with E-state index in [1.807, 2.05) is 0 Å². The van der Waals surface area contributed by atoms with Crippen molar-refractivity contribution in [2.45, 2.75) is 19.4 Å². The standard InChI is InChI=1S/C16H22N2O5S/c1-12(19)18(13-7-10-24(21,22)11-13)9-8-17-16(20)14-5-3-4-6-15(14)23-2/h3-6,13H,7-11H2,1-2H3,(H,17,20). The van der Waals surface area contributed by atoms with Crippen LogP contribution in [0, 0.1) is 0 Å². The van der Waals surface area contributed by atoms with E-state index in [0.717, 1.165) is 0 Å². The Kier molecular flexibility index (Phi) is 5.82. The molecule has 2 rings (SSSR count). The molecule has 1 N–H and O–H groups in total. The highest BCUT2D eigenvalue weighted by molar-refractivity contribution is 7.91. The number of sulfone groups is 1. The third kappa shape index (κ3) is 4.47. The van der Waals surface area contributed by atoms with E-state index in [2.05, 4.69) is 5.32 Å². The van der Waals surface area contributed by atoms with Gasteiger partial charge in [-0.25, -0.2) is 8.42 Å². The molecule has 1 aromatic carbocycles. The van der Waals surface area contributed by atoms with Gasteiger partial charge in [-0.3, -0.25) is 9.59 Å². The molecular weight excluding hydrogens is 332 g/mol. The topological polar surface area (TPSA) is 92.8 Å². The summed E-state index contributed by atoms with van der Waals surface area (Å²) in [6, 6.07) is 6.55. The fourth-order valence-corrected chi connectivity index (χ4v) is 4.57. The minimum absolute atomic E-state index is 0.00691. The number of methoxy groups -OCH3 is 1. The Morgan fingerprint density at radius 3 is 2.62 bits per heavy atom. The highest BCUT2D eigenvalue weighted by Crippen LogP contribution is 2.18. The molecule has 1 aromatic rings. The molecule has 1 unspecified atom stereocenters. The molecule has 1 aliphatic rings. The number of carbonyl (C=O) groups excluding carboxylic acids is 2. The van der Waals surface area contributed by atoms with E-state index in [4.69, 9.17) is 4.74 Å². The molecule has 1 atom stereocenters. The first-order chi connectivity index (χ1) is 11.3. The van der Waals surface area contributed by atoms with Crippen molar-refractivity contribution in [1.29, 1.82) is 0 Å². The molecule has 0 saturated carbocycles. The number of para-hydroxylation sites is 1. The Morgan fingerprint density at radius 2 is 2.04 bits per heavy atom. The van der Waals surface area contributed by atoms with Crippen molar-refractivity contribution in [3.8, 4) is 5.75 Å². The second-order valence-corrected chi connectivity index (χ2v) is 7.95. The molecule has 0 bridgehead atoms. The Labute approximate surface area is 141 Å². The first-order valence-electron chi connectivity index (χ1n) is 7.73. The maximum Gasteiger partial charge on any atom is 0.255 e. The lowest BCUT2D eigenvalue weighted by atomic mass is 10.2. The molecule has 0 radical (unpaired) electrons. The van der Waals surface area contributed by atoms with Gasteiger partial charge >= 0.3 is 0 Å². The monoisotopic (exact) mass is 354 g/mol. The van der Waals surface area contributed by atoms with Crippen molar-refractivity contribution in [1.82, 2.24) is 10.2 Å². The van der Waals surface area contributed by atoms with Crippen molar-refractivity contribution in [3.05, 3.63) is 29.8 Å². The van der Waals surface area contributed by atoms with E-state index in [1.165, 1.54) is 18.9 Å². The van der Waals surface area contributed by atoms with Crippen LogP contribution in [0.3, 0.4) is 0 Å². The summed E-state index contributed by atoms with van der Waals surface area (Å²) in [6.45, 7) is 1.93. The Morgan fingerprint density at radius 1 is 1.33 bits per heavy atom. The van der Waals surface area contributed by atoms with Crippen LogP contribution >= 0.6 is 0 Å². The number of carbonyl (C=O) groups is 2. The average Bonchev–Trinajstić information content (AvgIpc) is 2.90. The van der Waals surface area contributed by atoms with E-state index >= 15 is 0 Å². The zero-order valence-electron chi connectivity index (χ0n) is 13.8. The Balaban J connectivity index is 1.93. The third-order valence-electron chi connectivity index (χ3n) is 4.04. The molecule has 1 aliphatic heterocycles. The molecule has 8 heteroatoms. The predicted molar refractivity (Wildman–Crippen MR) is 89.8 cm³/mol. The normalized spacial score (nSPS) is 18.8. The zero-order chi connectivity index (χ0) is 17.7.